The van der Waals surface area contributed by atoms with E-state index < -0.39 is 8.32 Å². The SMILES string of the molecule is C[C@@H]1CC[C@@]2(OC1)O[C@H]1C[C@H]3[C@@H]4CC=C5C[C@@H](O[Si](C)(C)C(C)(C)C)CC(=O)[C@]5(C)[C@H]4CC[C@]3(C)[C@H]1[C@@H]2C. The molecule has 6 rings (SSSR count). The minimum atomic E-state index is -1.91. The second-order valence-electron chi connectivity index (χ2n) is 16.4. The molecule has 0 radical (unpaired) electrons. The lowest BCUT2D eigenvalue weighted by atomic mass is 9.46. The first-order valence-corrected chi connectivity index (χ1v) is 18.8. The summed E-state index contributed by atoms with van der Waals surface area (Å²) < 4.78 is 20.2. The predicted octanol–water partition coefficient (Wildman–Crippen LogP) is 7.92. The normalized spacial score (nSPS) is 50.8. The molecule has 0 aromatic heterocycles. The van der Waals surface area contributed by atoms with Gasteiger partial charge in [0.15, 0.2) is 14.1 Å². The first-order valence-electron chi connectivity index (χ1n) is 15.8. The lowest BCUT2D eigenvalue weighted by Gasteiger charge is -2.58. The second-order valence-corrected chi connectivity index (χ2v) is 21.1. The highest BCUT2D eigenvalue weighted by atomic mass is 28.4. The molecule has 0 aromatic rings. The zero-order chi connectivity index (χ0) is 27.5. The Morgan fingerprint density at radius 2 is 1.79 bits per heavy atom. The van der Waals surface area contributed by atoms with Crippen LogP contribution in [0, 0.1) is 46.3 Å². The van der Waals surface area contributed by atoms with Gasteiger partial charge in [-0.25, -0.2) is 0 Å². The Morgan fingerprint density at radius 1 is 1.05 bits per heavy atom. The fourth-order valence-electron chi connectivity index (χ4n) is 10.2. The molecule has 4 nitrogen and oxygen atoms in total. The van der Waals surface area contributed by atoms with Crippen LogP contribution in [0.1, 0.15) is 99.8 Å². The van der Waals surface area contributed by atoms with E-state index in [-0.39, 0.29) is 27.8 Å². The molecule has 1 spiro atoms. The van der Waals surface area contributed by atoms with Crippen molar-refractivity contribution >= 4 is 14.1 Å². The maximum absolute atomic E-state index is 14.1. The molecule has 2 saturated heterocycles. The van der Waals surface area contributed by atoms with Crippen molar-refractivity contribution in [3.63, 3.8) is 0 Å². The number of allylic oxidation sites excluding steroid dienone is 1. The third kappa shape index (κ3) is 3.80. The van der Waals surface area contributed by atoms with Gasteiger partial charge in [-0.2, -0.15) is 0 Å². The molecule has 0 amide bonds. The summed E-state index contributed by atoms with van der Waals surface area (Å²) in [5.74, 6) is 3.46. The third-order valence-electron chi connectivity index (χ3n) is 13.5. The van der Waals surface area contributed by atoms with E-state index in [0.29, 0.717) is 53.8 Å². The van der Waals surface area contributed by atoms with E-state index in [0.717, 1.165) is 32.3 Å². The van der Waals surface area contributed by atoms with Crippen molar-refractivity contribution in [2.45, 2.75) is 136 Å². The second kappa shape index (κ2) is 8.75. The lowest BCUT2D eigenvalue weighted by molar-refractivity contribution is -0.272. The van der Waals surface area contributed by atoms with Crippen LogP contribution in [0.5, 0.6) is 0 Å². The van der Waals surface area contributed by atoms with Gasteiger partial charge in [-0.05, 0) is 98.6 Å². The quantitative estimate of drug-likeness (QED) is 0.263. The number of carbonyl (C=O) groups excluding carboxylic acids is 1. The molecule has 5 heteroatoms. The molecule has 2 heterocycles. The molecular formula is C33H54O4Si. The fourth-order valence-corrected chi connectivity index (χ4v) is 11.5. The molecule has 214 valence electrons. The summed E-state index contributed by atoms with van der Waals surface area (Å²) in [5.41, 5.74) is 1.38. The van der Waals surface area contributed by atoms with Crippen molar-refractivity contribution in [2.24, 2.45) is 46.3 Å². The Hall–Kier alpha value is -0.493. The first kappa shape index (κ1) is 27.7. The van der Waals surface area contributed by atoms with Crippen LogP contribution in [-0.2, 0) is 18.7 Å². The minimum absolute atomic E-state index is 0.0580. The first-order chi connectivity index (χ1) is 17.6. The topological polar surface area (TPSA) is 44.8 Å². The molecule has 0 bridgehead atoms. The molecule has 38 heavy (non-hydrogen) atoms. The molecule has 6 aliphatic rings. The van der Waals surface area contributed by atoms with Crippen molar-refractivity contribution in [3.05, 3.63) is 11.6 Å². The van der Waals surface area contributed by atoms with Crippen LogP contribution < -0.4 is 0 Å². The van der Waals surface area contributed by atoms with Crippen molar-refractivity contribution in [2.75, 3.05) is 6.61 Å². The van der Waals surface area contributed by atoms with Crippen LogP contribution in [0.3, 0.4) is 0 Å². The van der Waals surface area contributed by atoms with Crippen LogP contribution in [0.2, 0.25) is 18.1 Å². The monoisotopic (exact) mass is 542 g/mol. The van der Waals surface area contributed by atoms with Gasteiger partial charge in [0.2, 0.25) is 0 Å². The summed E-state index contributed by atoms with van der Waals surface area (Å²) in [6.45, 7) is 22.0. The summed E-state index contributed by atoms with van der Waals surface area (Å²) >= 11 is 0. The zero-order valence-corrected chi connectivity index (χ0v) is 26.7. The van der Waals surface area contributed by atoms with Crippen LogP contribution >= 0.6 is 0 Å². The van der Waals surface area contributed by atoms with Gasteiger partial charge in [0, 0.05) is 18.8 Å². The summed E-state index contributed by atoms with van der Waals surface area (Å²) in [6.07, 6.45) is 11.3. The predicted molar refractivity (Wildman–Crippen MR) is 154 cm³/mol. The summed E-state index contributed by atoms with van der Waals surface area (Å²) in [5, 5.41) is 0.163. The Labute approximate surface area is 233 Å². The van der Waals surface area contributed by atoms with Gasteiger partial charge < -0.3 is 13.9 Å². The number of ketones is 1. The van der Waals surface area contributed by atoms with E-state index in [4.69, 9.17) is 13.9 Å². The average Bonchev–Trinajstić information content (AvgIpc) is 3.26. The summed E-state index contributed by atoms with van der Waals surface area (Å²) in [7, 11) is -1.91. The molecule has 2 aliphatic heterocycles. The molecule has 0 aromatic carbocycles. The molecule has 0 unspecified atom stereocenters. The van der Waals surface area contributed by atoms with Crippen molar-refractivity contribution in [1.29, 1.82) is 0 Å². The maximum atomic E-state index is 14.1. The van der Waals surface area contributed by atoms with Crippen LogP contribution in [0.4, 0.5) is 0 Å². The number of carbonyl (C=O) groups is 1. The van der Waals surface area contributed by atoms with Gasteiger partial charge in [0.25, 0.3) is 0 Å². The van der Waals surface area contributed by atoms with Crippen molar-refractivity contribution in [1.82, 2.24) is 0 Å². The third-order valence-corrected chi connectivity index (χ3v) is 18.0. The molecule has 0 N–H and O–H groups in total. The highest BCUT2D eigenvalue weighted by molar-refractivity contribution is 6.74. The van der Waals surface area contributed by atoms with E-state index in [9.17, 15) is 4.79 Å². The molecule has 4 aliphatic carbocycles. The molecule has 11 atom stereocenters. The Bertz CT molecular complexity index is 1000. The Balaban J connectivity index is 1.23. The van der Waals surface area contributed by atoms with Gasteiger partial charge in [-0.3, -0.25) is 4.79 Å². The van der Waals surface area contributed by atoms with Gasteiger partial charge in [-0.15, -0.1) is 0 Å². The molecule has 5 fully saturated rings. The fraction of sp³-hybridized carbons (Fsp3) is 0.909. The van der Waals surface area contributed by atoms with E-state index >= 15 is 0 Å². The highest BCUT2D eigenvalue weighted by Gasteiger charge is 2.69. The Morgan fingerprint density at radius 3 is 2.45 bits per heavy atom. The summed E-state index contributed by atoms with van der Waals surface area (Å²) in [4.78, 5) is 14.1. The van der Waals surface area contributed by atoms with Gasteiger partial charge in [-0.1, -0.05) is 53.2 Å². The number of fused-ring (bicyclic) bond motifs is 7. The van der Waals surface area contributed by atoms with E-state index in [1.165, 1.54) is 24.8 Å². The zero-order valence-electron chi connectivity index (χ0n) is 25.7. The number of hydrogen-bond acceptors (Lipinski definition) is 4. The van der Waals surface area contributed by atoms with Crippen molar-refractivity contribution in [3.8, 4) is 0 Å². The largest absolute Gasteiger partial charge is 0.413 e. The van der Waals surface area contributed by atoms with Crippen LogP contribution in [0.15, 0.2) is 11.6 Å². The number of rotatable bonds is 2. The van der Waals surface area contributed by atoms with Gasteiger partial charge in [0.1, 0.15) is 5.78 Å². The lowest BCUT2D eigenvalue weighted by Crippen LogP contribution is -2.56. The van der Waals surface area contributed by atoms with Crippen molar-refractivity contribution < 1.29 is 18.7 Å². The standard InChI is InChI=1S/C33H54O4Si/c1-20-12-15-33(35-19-20)21(2)29-27(36-33)18-26-24-11-10-22-16-23(37-38(8,9)30(3,4)5)17-28(34)32(22,7)25(24)13-14-31(26,29)6/h10,20-21,23-27,29H,11-19H2,1-9H3/t20-,21+,23-,24-,25+,26+,27+,29+,31+,32+,33-/m1/s1. The maximum Gasteiger partial charge on any atom is 0.192 e. The van der Waals surface area contributed by atoms with E-state index in [1.54, 1.807) is 0 Å². The average molecular weight is 543 g/mol. The Kier molecular flexibility index (Phi) is 6.37. The van der Waals surface area contributed by atoms with E-state index in [1.807, 2.05) is 0 Å². The van der Waals surface area contributed by atoms with Crippen LogP contribution in [-0.4, -0.2) is 38.7 Å². The smallest absolute Gasteiger partial charge is 0.192 e. The van der Waals surface area contributed by atoms with Gasteiger partial charge in [0.05, 0.1) is 24.2 Å². The molecule has 3 saturated carbocycles. The minimum Gasteiger partial charge on any atom is -0.413 e. The molecular weight excluding hydrogens is 488 g/mol. The number of hydrogen-bond donors (Lipinski definition) is 0. The van der Waals surface area contributed by atoms with Gasteiger partial charge >= 0.3 is 0 Å². The highest BCUT2D eigenvalue weighted by Crippen LogP contribution is 2.70. The summed E-state index contributed by atoms with van der Waals surface area (Å²) in [6, 6.07) is 0. The number of ether oxygens (including phenoxy) is 2. The number of Topliss-reactive ketones (excluding diaryl/α,β-unsaturated/α-hetero) is 1. The van der Waals surface area contributed by atoms with E-state index in [2.05, 4.69) is 67.6 Å². The van der Waals surface area contributed by atoms with Crippen LogP contribution in [0.25, 0.3) is 0 Å².